The van der Waals surface area contributed by atoms with Gasteiger partial charge in [-0.15, -0.1) is 11.3 Å². The Kier molecular flexibility index (Phi) is 6.91. The predicted octanol–water partition coefficient (Wildman–Crippen LogP) is 3.42. The number of carbonyl (C=O) groups excluding carboxylic acids is 1. The molecule has 1 fully saturated rings. The van der Waals surface area contributed by atoms with Gasteiger partial charge in [0, 0.05) is 42.1 Å². The number of nitrogens with zero attached hydrogens (tertiary/aromatic N) is 5. The lowest BCUT2D eigenvalue weighted by Gasteiger charge is -2.34. The van der Waals surface area contributed by atoms with E-state index in [1.54, 1.807) is 11.6 Å². The number of aliphatic imine (C=N–C) groups is 1. The molecule has 0 aliphatic carbocycles. The molecule has 5 rings (SSSR count). The number of nitrogens with one attached hydrogen (secondary N) is 1. The number of benzene rings is 1. The number of rotatable bonds is 7. The number of thiazole rings is 1. The largest absolute Gasteiger partial charge is 0.399 e. The van der Waals surface area contributed by atoms with Crippen LogP contribution in [0.4, 0.5) is 17.1 Å². The third-order valence-corrected chi connectivity index (χ3v) is 7.39. The van der Waals surface area contributed by atoms with Crippen LogP contribution in [0.3, 0.4) is 0 Å². The number of hydrogen-bond acceptors (Lipinski definition) is 8. The summed E-state index contributed by atoms with van der Waals surface area (Å²) in [7, 11) is 0. The minimum atomic E-state index is -0.257. The van der Waals surface area contributed by atoms with Crippen LogP contribution in [0.1, 0.15) is 29.8 Å². The van der Waals surface area contributed by atoms with Crippen molar-refractivity contribution >= 4 is 40.5 Å². The van der Waals surface area contributed by atoms with Gasteiger partial charge in [-0.3, -0.25) is 14.5 Å². The van der Waals surface area contributed by atoms with Gasteiger partial charge in [0.05, 0.1) is 30.2 Å². The lowest BCUT2D eigenvalue weighted by molar-refractivity contribution is 0.102. The summed E-state index contributed by atoms with van der Waals surface area (Å²) in [4.78, 5) is 24.4. The molecule has 0 bridgehead atoms. The number of nitrogens with two attached hydrogens (primary N) is 2. The Morgan fingerprint density at radius 1 is 1.26 bits per heavy atom. The number of piperidine rings is 1. The van der Waals surface area contributed by atoms with Crippen LogP contribution in [0.2, 0.25) is 0 Å². The average molecular weight is 491 g/mol. The molecule has 1 atom stereocenters. The van der Waals surface area contributed by atoms with Crippen molar-refractivity contribution in [3.63, 3.8) is 0 Å². The second kappa shape index (κ2) is 10.4. The second-order valence-electron chi connectivity index (χ2n) is 9.00. The van der Waals surface area contributed by atoms with Gasteiger partial charge in [0.2, 0.25) is 0 Å². The van der Waals surface area contributed by atoms with Gasteiger partial charge in [-0.25, -0.2) is 4.98 Å². The zero-order valence-corrected chi connectivity index (χ0v) is 20.3. The maximum Gasteiger partial charge on any atom is 0.275 e. The van der Waals surface area contributed by atoms with Crippen LogP contribution in [0, 0.1) is 5.92 Å². The fourth-order valence-electron chi connectivity index (χ4n) is 4.48. The quantitative estimate of drug-likeness (QED) is 0.436. The Hall–Kier alpha value is -3.50. The van der Waals surface area contributed by atoms with Crippen molar-refractivity contribution < 1.29 is 4.79 Å². The summed E-state index contributed by atoms with van der Waals surface area (Å²) in [5.41, 5.74) is 15.4. The minimum Gasteiger partial charge on any atom is -0.399 e. The Labute approximate surface area is 208 Å². The molecular formula is C25H30N8OS. The van der Waals surface area contributed by atoms with Gasteiger partial charge >= 0.3 is 0 Å². The molecule has 182 valence electrons. The van der Waals surface area contributed by atoms with Gasteiger partial charge in [0.1, 0.15) is 10.7 Å². The fourth-order valence-corrected chi connectivity index (χ4v) is 5.25. The van der Waals surface area contributed by atoms with E-state index in [2.05, 4.69) is 31.4 Å². The molecule has 0 radical (unpaired) electrons. The Bertz CT molecular complexity index is 1240. The number of nitrogen functional groups attached to an aromatic ring is 1. The summed E-state index contributed by atoms with van der Waals surface area (Å²) < 4.78 is 1.88. The van der Waals surface area contributed by atoms with Crippen molar-refractivity contribution in [2.24, 2.45) is 16.6 Å². The number of carbonyl (C=O) groups is 1. The van der Waals surface area contributed by atoms with Gasteiger partial charge in [-0.05, 0) is 56.0 Å². The summed E-state index contributed by atoms with van der Waals surface area (Å²) in [5.74, 6) is 0.301. The van der Waals surface area contributed by atoms with Crippen LogP contribution in [0.5, 0.6) is 0 Å². The molecule has 1 saturated heterocycles. The molecule has 10 heteroatoms. The number of aromatic nitrogens is 3. The highest BCUT2D eigenvalue weighted by molar-refractivity contribution is 7.13. The lowest BCUT2D eigenvalue weighted by Crippen LogP contribution is -2.36. The van der Waals surface area contributed by atoms with E-state index >= 15 is 0 Å². The predicted molar refractivity (Wildman–Crippen MR) is 142 cm³/mol. The molecule has 35 heavy (non-hydrogen) atoms. The van der Waals surface area contributed by atoms with Crippen LogP contribution in [0.25, 0.3) is 10.6 Å². The van der Waals surface area contributed by atoms with E-state index in [1.165, 1.54) is 11.3 Å². The lowest BCUT2D eigenvalue weighted by atomic mass is 9.96. The van der Waals surface area contributed by atoms with E-state index in [9.17, 15) is 4.79 Å². The van der Waals surface area contributed by atoms with Crippen molar-refractivity contribution in [1.29, 1.82) is 0 Å². The van der Waals surface area contributed by atoms with E-state index in [0.717, 1.165) is 55.2 Å². The summed E-state index contributed by atoms with van der Waals surface area (Å²) >= 11 is 1.43. The molecule has 1 amide bonds. The van der Waals surface area contributed by atoms with Crippen molar-refractivity contribution in [2.75, 3.05) is 35.6 Å². The SMILES string of the molecule is NCC1CCN(c2ccc(N)cc2NC(=O)c2csc(-c3cnn(CC4CC=CC=N4)c3)n2)CC1. The molecule has 2 aliphatic heterocycles. The van der Waals surface area contributed by atoms with Gasteiger partial charge in [0.25, 0.3) is 5.91 Å². The molecular weight excluding hydrogens is 460 g/mol. The van der Waals surface area contributed by atoms with E-state index < -0.39 is 0 Å². The van der Waals surface area contributed by atoms with E-state index in [4.69, 9.17) is 11.5 Å². The zero-order valence-electron chi connectivity index (χ0n) is 19.5. The van der Waals surface area contributed by atoms with Crippen LogP contribution >= 0.6 is 11.3 Å². The van der Waals surface area contributed by atoms with Gasteiger partial charge in [0.15, 0.2) is 0 Å². The number of hydrogen-bond donors (Lipinski definition) is 3. The number of anilines is 3. The maximum absolute atomic E-state index is 13.1. The standard InChI is InChI=1S/C25H30N8OS/c26-12-17-6-9-32(10-7-17)23-5-4-19(27)11-21(23)30-24(34)22-16-35-25(31-22)18-13-29-33(14-18)15-20-3-1-2-8-28-20/h1-2,4-5,8,11,13-14,16-17,20H,3,6-7,9-10,12,15,26-27H2,(H,30,34). The third-order valence-electron chi connectivity index (χ3n) is 6.50. The Balaban J connectivity index is 1.27. The van der Waals surface area contributed by atoms with Crippen LogP contribution in [0.15, 0.2) is 53.1 Å². The monoisotopic (exact) mass is 490 g/mol. The highest BCUT2D eigenvalue weighted by atomic mass is 32.1. The topological polar surface area (TPSA) is 127 Å². The first-order valence-corrected chi connectivity index (χ1v) is 12.8. The molecule has 1 aromatic carbocycles. The zero-order chi connectivity index (χ0) is 24.2. The average Bonchev–Trinajstić information content (AvgIpc) is 3.55. The minimum absolute atomic E-state index is 0.194. The summed E-state index contributed by atoms with van der Waals surface area (Å²) in [5, 5.41) is 10.0. The first-order chi connectivity index (χ1) is 17.1. The van der Waals surface area contributed by atoms with E-state index in [1.807, 2.05) is 41.4 Å². The smallest absolute Gasteiger partial charge is 0.275 e. The summed E-state index contributed by atoms with van der Waals surface area (Å²) in [6.45, 7) is 3.24. The van der Waals surface area contributed by atoms with Crippen molar-refractivity contribution in [2.45, 2.75) is 31.8 Å². The number of amides is 1. The van der Waals surface area contributed by atoms with Crippen LogP contribution in [-0.2, 0) is 6.54 Å². The van der Waals surface area contributed by atoms with Crippen LogP contribution in [-0.4, -0.2) is 52.6 Å². The summed E-state index contributed by atoms with van der Waals surface area (Å²) in [6.07, 6.45) is 12.6. The molecule has 1 unspecified atom stereocenters. The normalized spacial score (nSPS) is 18.2. The molecule has 0 saturated carbocycles. The fraction of sp³-hybridized carbons (Fsp3) is 0.360. The molecule has 4 heterocycles. The van der Waals surface area contributed by atoms with Crippen LogP contribution < -0.4 is 21.7 Å². The molecule has 2 aliphatic rings. The number of allylic oxidation sites excluding steroid dienone is 1. The molecule has 0 spiro atoms. The van der Waals surface area contributed by atoms with E-state index in [-0.39, 0.29) is 11.9 Å². The van der Waals surface area contributed by atoms with Crippen molar-refractivity contribution in [1.82, 2.24) is 14.8 Å². The molecule has 2 aromatic heterocycles. The second-order valence-corrected chi connectivity index (χ2v) is 9.86. The van der Waals surface area contributed by atoms with Gasteiger partial charge < -0.3 is 21.7 Å². The summed E-state index contributed by atoms with van der Waals surface area (Å²) in [6, 6.07) is 5.84. The third kappa shape index (κ3) is 5.44. The number of dihydropyridines is 1. The Morgan fingerprint density at radius 2 is 2.11 bits per heavy atom. The molecule has 3 aromatic rings. The van der Waals surface area contributed by atoms with Gasteiger partial charge in [-0.2, -0.15) is 5.10 Å². The van der Waals surface area contributed by atoms with Crippen molar-refractivity contribution in [3.8, 4) is 10.6 Å². The Morgan fingerprint density at radius 3 is 2.89 bits per heavy atom. The first-order valence-electron chi connectivity index (χ1n) is 11.9. The van der Waals surface area contributed by atoms with Gasteiger partial charge in [-0.1, -0.05) is 6.08 Å². The van der Waals surface area contributed by atoms with E-state index in [0.29, 0.717) is 29.5 Å². The highest BCUT2D eigenvalue weighted by Gasteiger charge is 2.22. The van der Waals surface area contributed by atoms with Crippen molar-refractivity contribution in [3.05, 3.63) is 53.8 Å². The highest BCUT2D eigenvalue weighted by Crippen LogP contribution is 2.32. The molecule has 5 N–H and O–H groups in total. The molecule has 9 nitrogen and oxygen atoms in total. The first kappa shape index (κ1) is 23.3. The maximum atomic E-state index is 13.1.